The van der Waals surface area contributed by atoms with E-state index in [4.69, 9.17) is 9.47 Å². The number of hydrogen-bond acceptors (Lipinski definition) is 4. The summed E-state index contributed by atoms with van der Waals surface area (Å²) < 4.78 is 11.0. The zero-order valence-electron chi connectivity index (χ0n) is 13.2. The predicted molar refractivity (Wildman–Crippen MR) is 91.5 cm³/mol. The van der Waals surface area contributed by atoms with Crippen molar-refractivity contribution in [2.45, 2.75) is 17.9 Å². The van der Waals surface area contributed by atoms with Crippen LogP contribution < -0.4 is 14.8 Å². The Hall–Kier alpha value is -2.14. The Morgan fingerprint density at radius 3 is 2.48 bits per heavy atom. The molecule has 1 amide bonds. The maximum absolute atomic E-state index is 12.4. The van der Waals surface area contributed by atoms with Gasteiger partial charge in [-0.1, -0.05) is 12.1 Å². The molecule has 1 N–H and O–H groups in total. The maximum Gasteiger partial charge on any atom is 0.251 e. The van der Waals surface area contributed by atoms with Crippen LogP contribution in [-0.4, -0.2) is 25.4 Å². The van der Waals surface area contributed by atoms with E-state index in [1.165, 1.54) is 4.90 Å². The van der Waals surface area contributed by atoms with Crippen molar-refractivity contribution in [2.75, 3.05) is 19.5 Å². The first-order valence-corrected chi connectivity index (χ1v) is 8.74. The quantitative estimate of drug-likeness (QED) is 0.870. The van der Waals surface area contributed by atoms with Gasteiger partial charge >= 0.3 is 0 Å². The number of ether oxygens (including phenoxy) is 2. The highest BCUT2D eigenvalue weighted by molar-refractivity contribution is 7.98. The van der Waals surface area contributed by atoms with Gasteiger partial charge in [0.1, 0.15) is 13.2 Å². The molecule has 0 radical (unpaired) electrons. The van der Waals surface area contributed by atoms with E-state index < -0.39 is 0 Å². The number of amides is 1. The van der Waals surface area contributed by atoms with E-state index in [9.17, 15) is 4.79 Å². The van der Waals surface area contributed by atoms with Crippen LogP contribution in [0.25, 0.3) is 0 Å². The summed E-state index contributed by atoms with van der Waals surface area (Å²) in [5.74, 6) is 1.19. The smallest absolute Gasteiger partial charge is 0.251 e. The van der Waals surface area contributed by atoms with Gasteiger partial charge < -0.3 is 14.8 Å². The molecule has 4 nitrogen and oxygen atoms in total. The average Bonchev–Trinajstić information content (AvgIpc) is 2.61. The standard InChI is InChI=1S/C18H19NO3S/c1-12(13-3-6-15(23-2)7-4-13)19-18(20)14-5-8-16-17(11-14)22-10-9-21-16/h3-8,11-12H,9-10H2,1-2H3,(H,19,20). The van der Waals surface area contributed by atoms with Crippen molar-refractivity contribution in [3.63, 3.8) is 0 Å². The van der Waals surface area contributed by atoms with Crippen molar-refractivity contribution in [1.29, 1.82) is 0 Å². The summed E-state index contributed by atoms with van der Waals surface area (Å²) in [5.41, 5.74) is 1.65. The van der Waals surface area contributed by atoms with Crippen molar-refractivity contribution < 1.29 is 14.3 Å². The molecule has 3 rings (SSSR count). The van der Waals surface area contributed by atoms with Gasteiger partial charge in [0, 0.05) is 10.5 Å². The fourth-order valence-electron chi connectivity index (χ4n) is 2.44. The minimum atomic E-state index is -0.122. The number of rotatable bonds is 4. The third-order valence-corrected chi connectivity index (χ3v) is 4.51. The van der Waals surface area contributed by atoms with Crippen LogP contribution in [0.2, 0.25) is 0 Å². The molecule has 1 aliphatic rings. The number of hydrogen-bond donors (Lipinski definition) is 1. The number of benzene rings is 2. The van der Waals surface area contributed by atoms with Gasteiger partial charge in [-0.05, 0) is 49.1 Å². The van der Waals surface area contributed by atoms with E-state index in [0.717, 1.165) is 5.56 Å². The molecular weight excluding hydrogens is 310 g/mol. The van der Waals surface area contributed by atoms with Crippen LogP contribution in [0.4, 0.5) is 0 Å². The fourth-order valence-corrected chi connectivity index (χ4v) is 2.85. The normalized spacial score (nSPS) is 14.2. The Kier molecular flexibility index (Phi) is 4.76. The second kappa shape index (κ2) is 6.96. The SMILES string of the molecule is CSc1ccc(C(C)NC(=O)c2ccc3c(c2)OCCO3)cc1. The summed E-state index contributed by atoms with van der Waals surface area (Å²) in [7, 11) is 0. The molecule has 2 aromatic rings. The van der Waals surface area contributed by atoms with Crippen LogP contribution in [0.3, 0.4) is 0 Å². The first kappa shape index (κ1) is 15.7. The Balaban J connectivity index is 1.70. The zero-order chi connectivity index (χ0) is 16.2. The molecule has 0 spiro atoms. The lowest BCUT2D eigenvalue weighted by Crippen LogP contribution is -2.27. The molecule has 2 aromatic carbocycles. The van der Waals surface area contributed by atoms with E-state index in [1.807, 2.05) is 25.3 Å². The molecule has 0 aromatic heterocycles. The lowest BCUT2D eigenvalue weighted by Gasteiger charge is -2.19. The van der Waals surface area contributed by atoms with Crippen LogP contribution in [0.5, 0.6) is 11.5 Å². The van der Waals surface area contributed by atoms with Gasteiger partial charge in [0.25, 0.3) is 5.91 Å². The Labute approximate surface area is 140 Å². The average molecular weight is 329 g/mol. The molecule has 0 aliphatic carbocycles. The highest BCUT2D eigenvalue weighted by atomic mass is 32.2. The lowest BCUT2D eigenvalue weighted by molar-refractivity contribution is 0.0938. The predicted octanol–water partition coefficient (Wildman–Crippen LogP) is 3.67. The molecule has 1 aliphatic heterocycles. The summed E-state index contributed by atoms with van der Waals surface area (Å²) in [6, 6.07) is 13.4. The summed E-state index contributed by atoms with van der Waals surface area (Å²) in [6.45, 7) is 3.03. The lowest BCUT2D eigenvalue weighted by atomic mass is 10.1. The third-order valence-electron chi connectivity index (χ3n) is 3.77. The van der Waals surface area contributed by atoms with E-state index in [2.05, 4.69) is 17.4 Å². The monoisotopic (exact) mass is 329 g/mol. The van der Waals surface area contributed by atoms with Crippen LogP contribution in [0.15, 0.2) is 47.4 Å². The summed E-state index contributed by atoms with van der Waals surface area (Å²) >= 11 is 1.70. The fraction of sp³-hybridized carbons (Fsp3) is 0.278. The second-order valence-corrected chi connectivity index (χ2v) is 6.21. The first-order valence-electron chi connectivity index (χ1n) is 7.52. The molecule has 1 atom stereocenters. The van der Waals surface area contributed by atoms with E-state index in [-0.39, 0.29) is 11.9 Å². The number of fused-ring (bicyclic) bond motifs is 1. The van der Waals surface area contributed by atoms with Crippen LogP contribution >= 0.6 is 11.8 Å². The molecule has 0 saturated heterocycles. The summed E-state index contributed by atoms with van der Waals surface area (Å²) in [4.78, 5) is 13.6. The largest absolute Gasteiger partial charge is 0.486 e. The minimum absolute atomic E-state index is 0.0633. The van der Waals surface area contributed by atoms with Gasteiger partial charge in [0.2, 0.25) is 0 Å². The Morgan fingerprint density at radius 2 is 1.78 bits per heavy atom. The molecule has 23 heavy (non-hydrogen) atoms. The molecule has 5 heteroatoms. The maximum atomic E-state index is 12.4. The summed E-state index contributed by atoms with van der Waals surface area (Å²) in [6.07, 6.45) is 2.04. The van der Waals surface area contributed by atoms with Crippen molar-refractivity contribution in [3.05, 3.63) is 53.6 Å². The van der Waals surface area contributed by atoms with Crippen LogP contribution in [-0.2, 0) is 0 Å². The van der Waals surface area contributed by atoms with Crippen molar-refractivity contribution in [2.24, 2.45) is 0 Å². The zero-order valence-corrected chi connectivity index (χ0v) is 14.0. The van der Waals surface area contributed by atoms with Crippen LogP contribution in [0.1, 0.15) is 28.9 Å². The van der Waals surface area contributed by atoms with E-state index >= 15 is 0 Å². The molecule has 0 bridgehead atoms. The van der Waals surface area contributed by atoms with Gasteiger partial charge in [-0.15, -0.1) is 11.8 Å². The van der Waals surface area contributed by atoms with E-state index in [1.54, 1.807) is 30.0 Å². The molecule has 120 valence electrons. The highest BCUT2D eigenvalue weighted by Crippen LogP contribution is 2.31. The highest BCUT2D eigenvalue weighted by Gasteiger charge is 2.16. The van der Waals surface area contributed by atoms with Gasteiger partial charge in [-0.3, -0.25) is 4.79 Å². The Bertz CT molecular complexity index is 700. The number of nitrogens with one attached hydrogen (secondary N) is 1. The second-order valence-electron chi connectivity index (χ2n) is 5.33. The van der Waals surface area contributed by atoms with Crippen molar-refractivity contribution in [3.8, 4) is 11.5 Å². The van der Waals surface area contributed by atoms with Gasteiger partial charge in [0.15, 0.2) is 11.5 Å². The molecular formula is C18H19NO3S. The number of carbonyl (C=O) groups is 1. The molecule has 0 fully saturated rings. The Morgan fingerprint density at radius 1 is 1.09 bits per heavy atom. The topological polar surface area (TPSA) is 47.6 Å². The molecule has 0 saturated carbocycles. The van der Waals surface area contributed by atoms with E-state index in [0.29, 0.717) is 30.3 Å². The van der Waals surface area contributed by atoms with Crippen LogP contribution in [0, 0.1) is 0 Å². The van der Waals surface area contributed by atoms with Crippen molar-refractivity contribution in [1.82, 2.24) is 5.32 Å². The van der Waals surface area contributed by atoms with Gasteiger partial charge in [-0.2, -0.15) is 0 Å². The van der Waals surface area contributed by atoms with Gasteiger partial charge in [-0.25, -0.2) is 0 Å². The minimum Gasteiger partial charge on any atom is -0.486 e. The molecule has 1 unspecified atom stereocenters. The third kappa shape index (κ3) is 3.62. The van der Waals surface area contributed by atoms with Gasteiger partial charge in [0.05, 0.1) is 6.04 Å². The van der Waals surface area contributed by atoms with Crippen molar-refractivity contribution >= 4 is 17.7 Å². The summed E-state index contributed by atoms with van der Waals surface area (Å²) in [5, 5.41) is 3.01. The number of carbonyl (C=O) groups excluding carboxylic acids is 1. The molecule has 1 heterocycles. The number of thioether (sulfide) groups is 1. The first-order chi connectivity index (χ1) is 11.2.